The predicted molar refractivity (Wildman–Crippen MR) is 143 cm³/mol. The van der Waals surface area contributed by atoms with E-state index in [0.29, 0.717) is 32.8 Å². The Morgan fingerprint density at radius 2 is 1.45 bits per heavy atom. The van der Waals surface area contributed by atoms with E-state index in [4.69, 9.17) is 29.4 Å². The normalized spacial score (nSPS) is 13.4. The largest absolute Gasteiger partial charge is 0.458 e. The molecule has 3 N–H and O–H groups in total. The third-order valence-corrected chi connectivity index (χ3v) is 5.05. The van der Waals surface area contributed by atoms with Crippen LogP contribution in [0, 0.1) is 0 Å². The number of primary amides is 1. The fourth-order valence-corrected chi connectivity index (χ4v) is 3.26. The van der Waals surface area contributed by atoms with Gasteiger partial charge in [-0.05, 0) is 72.4 Å². The third kappa shape index (κ3) is 16.9. The Morgan fingerprint density at radius 3 is 2.03 bits per heavy atom. The minimum absolute atomic E-state index is 0.0915. The summed E-state index contributed by atoms with van der Waals surface area (Å²) in [7, 11) is 0. The van der Waals surface area contributed by atoms with E-state index in [1.807, 2.05) is 52.0 Å². The van der Waals surface area contributed by atoms with Gasteiger partial charge in [0.15, 0.2) is 0 Å². The summed E-state index contributed by atoms with van der Waals surface area (Å²) in [6.45, 7) is 14.1. The fourth-order valence-electron chi connectivity index (χ4n) is 3.26. The maximum Gasteiger partial charge on any atom is 0.407 e. The van der Waals surface area contributed by atoms with Crippen molar-refractivity contribution < 1.29 is 38.1 Å². The SMILES string of the molecule is CC(OCc1ccc(CCOCCOCC(=O)OC(C)(C)C)cc1)C(CCC(N)=O)NC(=O)OC(C)(C)C. The van der Waals surface area contributed by atoms with Gasteiger partial charge in [-0.25, -0.2) is 9.59 Å². The predicted octanol–water partition coefficient (Wildman–Crippen LogP) is 3.67. The van der Waals surface area contributed by atoms with Crippen molar-refractivity contribution >= 4 is 18.0 Å². The van der Waals surface area contributed by atoms with Gasteiger partial charge in [0.1, 0.15) is 17.8 Å². The van der Waals surface area contributed by atoms with Crippen molar-refractivity contribution in [3.05, 3.63) is 35.4 Å². The Balaban J connectivity index is 2.38. The minimum atomic E-state index is -0.634. The maximum absolute atomic E-state index is 12.2. The second-order valence-corrected chi connectivity index (χ2v) is 11.1. The zero-order valence-corrected chi connectivity index (χ0v) is 24.0. The number of nitrogens with one attached hydrogen (secondary N) is 1. The van der Waals surface area contributed by atoms with Gasteiger partial charge in [-0.3, -0.25) is 4.79 Å². The molecule has 1 aromatic rings. The summed E-state index contributed by atoms with van der Waals surface area (Å²) in [5, 5.41) is 2.79. The second-order valence-electron chi connectivity index (χ2n) is 11.1. The van der Waals surface area contributed by atoms with E-state index in [9.17, 15) is 14.4 Å². The number of alkyl carbamates (subject to hydrolysis) is 1. The number of nitrogens with two attached hydrogens (primary N) is 1. The number of ether oxygens (including phenoxy) is 5. The first-order valence-corrected chi connectivity index (χ1v) is 13.0. The summed E-state index contributed by atoms with van der Waals surface area (Å²) in [6, 6.07) is 7.55. The molecular formula is C28H46N2O8. The smallest absolute Gasteiger partial charge is 0.407 e. The van der Waals surface area contributed by atoms with E-state index in [1.165, 1.54) is 0 Å². The van der Waals surface area contributed by atoms with Gasteiger partial charge >= 0.3 is 12.1 Å². The Hall–Kier alpha value is -2.69. The molecular weight excluding hydrogens is 492 g/mol. The molecule has 2 unspecified atom stereocenters. The molecule has 216 valence electrons. The van der Waals surface area contributed by atoms with Gasteiger partial charge in [-0.15, -0.1) is 0 Å². The quantitative estimate of drug-likeness (QED) is 0.240. The molecule has 0 aliphatic rings. The molecule has 0 aliphatic heterocycles. The minimum Gasteiger partial charge on any atom is -0.458 e. The first-order chi connectivity index (χ1) is 17.6. The maximum atomic E-state index is 12.2. The van der Waals surface area contributed by atoms with Gasteiger partial charge in [-0.1, -0.05) is 24.3 Å². The lowest BCUT2D eigenvalue weighted by Crippen LogP contribution is -2.45. The highest BCUT2D eigenvalue weighted by Crippen LogP contribution is 2.14. The summed E-state index contributed by atoms with van der Waals surface area (Å²) in [5.74, 6) is -0.836. The molecule has 2 atom stereocenters. The molecule has 0 fully saturated rings. The number of carbonyl (C=O) groups is 3. The molecule has 0 spiro atoms. The third-order valence-electron chi connectivity index (χ3n) is 5.05. The van der Waals surface area contributed by atoms with Crippen molar-refractivity contribution in [1.82, 2.24) is 5.32 Å². The van der Waals surface area contributed by atoms with Crippen molar-refractivity contribution in [3.63, 3.8) is 0 Å². The second kappa shape index (κ2) is 16.3. The molecule has 0 heterocycles. The summed E-state index contributed by atoms with van der Waals surface area (Å²) in [4.78, 5) is 35.1. The Labute approximate surface area is 226 Å². The van der Waals surface area contributed by atoms with Crippen LogP contribution < -0.4 is 11.1 Å². The van der Waals surface area contributed by atoms with Gasteiger partial charge in [0.05, 0.1) is 38.6 Å². The van der Waals surface area contributed by atoms with Crippen LogP contribution in [0.15, 0.2) is 24.3 Å². The van der Waals surface area contributed by atoms with Crippen LogP contribution in [-0.2, 0) is 46.3 Å². The van der Waals surface area contributed by atoms with Gasteiger partial charge in [0, 0.05) is 6.42 Å². The number of rotatable bonds is 16. The van der Waals surface area contributed by atoms with Crippen LogP contribution in [-0.4, -0.2) is 67.7 Å². The van der Waals surface area contributed by atoms with Crippen LogP contribution >= 0.6 is 0 Å². The average molecular weight is 539 g/mol. The molecule has 0 saturated heterocycles. The first-order valence-electron chi connectivity index (χ1n) is 13.0. The molecule has 10 heteroatoms. The van der Waals surface area contributed by atoms with Crippen molar-refractivity contribution in [2.75, 3.05) is 26.4 Å². The topological polar surface area (TPSA) is 135 Å². The van der Waals surface area contributed by atoms with E-state index < -0.39 is 35.2 Å². The number of esters is 1. The summed E-state index contributed by atoms with van der Waals surface area (Å²) >= 11 is 0. The number of carbonyl (C=O) groups excluding carboxylic acids is 3. The number of hydrogen-bond acceptors (Lipinski definition) is 8. The molecule has 0 aromatic heterocycles. The average Bonchev–Trinajstić information content (AvgIpc) is 2.77. The molecule has 2 amide bonds. The lowest BCUT2D eigenvalue weighted by atomic mass is 10.1. The molecule has 1 rings (SSSR count). The summed E-state index contributed by atoms with van der Waals surface area (Å²) in [6.07, 6.45) is 0.274. The van der Waals surface area contributed by atoms with Crippen molar-refractivity contribution in [2.45, 2.75) is 97.7 Å². The zero-order chi connectivity index (χ0) is 28.8. The number of amides is 2. The van der Waals surface area contributed by atoms with Crippen LogP contribution in [0.2, 0.25) is 0 Å². The van der Waals surface area contributed by atoms with E-state index in [0.717, 1.165) is 17.5 Å². The van der Waals surface area contributed by atoms with E-state index in [2.05, 4.69) is 5.32 Å². The molecule has 1 aromatic carbocycles. The fraction of sp³-hybridized carbons (Fsp3) is 0.679. The first kappa shape index (κ1) is 33.3. The Kier molecular flexibility index (Phi) is 14.3. The van der Waals surface area contributed by atoms with Crippen LogP contribution in [0.1, 0.15) is 72.4 Å². The van der Waals surface area contributed by atoms with Gasteiger partial charge in [0.25, 0.3) is 0 Å². The van der Waals surface area contributed by atoms with E-state index >= 15 is 0 Å². The van der Waals surface area contributed by atoms with Gasteiger partial charge in [0.2, 0.25) is 5.91 Å². The molecule has 0 saturated carbocycles. The molecule has 0 aliphatic carbocycles. The Bertz CT molecular complexity index is 859. The highest BCUT2D eigenvalue weighted by Gasteiger charge is 2.24. The molecule has 0 radical (unpaired) electrons. The van der Waals surface area contributed by atoms with Crippen LogP contribution in [0.5, 0.6) is 0 Å². The highest BCUT2D eigenvalue weighted by atomic mass is 16.6. The monoisotopic (exact) mass is 538 g/mol. The summed E-state index contributed by atoms with van der Waals surface area (Å²) < 4.78 is 27.3. The van der Waals surface area contributed by atoms with Crippen LogP contribution in [0.25, 0.3) is 0 Å². The Morgan fingerprint density at radius 1 is 0.868 bits per heavy atom. The summed E-state index contributed by atoms with van der Waals surface area (Å²) in [5.41, 5.74) is 6.22. The highest BCUT2D eigenvalue weighted by molar-refractivity contribution is 5.74. The van der Waals surface area contributed by atoms with Crippen molar-refractivity contribution in [1.29, 1.82) is 0 Å². The van der Waals surface area contributed by atoms with Crippen molar-refractivity contribution in [3.8, 4) is 0 Å². The van der Waals surface area contributed by atoms with Crippen LogP contribution in [0.4, 0.5) is 4.79 Å². The standard InChI is InChI=1S/C28H46N2O8/c1-20(23(12-13-24(29)31)30-26(33)38-28(5,6)7)36-18-22-10-8-21(9-11-22)14-15-34-16-17-35-19-25(32)37-27(2,3)4/h8-11,20,23H,12-19H2,1-7H3,(H2,29,31)(H,30,33). The van der Waals surface area contributed by atoms with E-state index in [-0.39, 0.29) is 19.1 Å². The molecule has 38 heavy (non-hydrogen) atoms. The van der Waals surface area contributed by atoms with Crippen molar-refractivity contribution in [2.24, 2.45) is 5.73 Å². The molecule has 0 bridgehead atoms. The molecule has 10 nitrogen and oxygen atoms in total. The van der Waals surface area contributed by atoms with Gasteiger partial charge in [-0.2, -0.15) is 0 Å². The lowest BCUT2D eigenvalue weighted by Gasteiger charge is -2.27. The van der Waals surface area contributed by atoms with Crippen LogP contribution in [0.3, 0.4) is 0 Å². The number of hydrogen-bond donors (Lipinski definition) is 2. The van der Waals surface area contributed by atoms with E-state index in [1.54, 1.807) is 20.8 Å². The number of benzene rings is 1. The van der Waals surface area contributed by atoms with Gasteiger partial charge < -0.3 is 34.7 Å². The zero-order valence-electron chi connectivity index (χ0n) is 24.0. The lowest BCUT2D eigenvalue weighted by molar-refractivity contribution is -0.160.